The zero-order valence-electron chi connectivity index (χ0n) is 16.6. The van der Waals surface area contributed by atoms with E-state index in [0.29, 0.717) is 39.4 Å². The molecule has 0 aliphatic carbocycles. The number of fused-ring (bicyclic) bond motifs is 1. The van der Waals surface area contributed by atoms with Crippen molar-refractivity contribution >= 4 is 17.0 Å². The van der Waals surface area contributed by atoms with Crippen LogP contribution in [0, 0.1) is 0 Å². The Morgan fingerprint density at radius 2 is 1.93 bits per heavy atom. The minimum Gasteiger partial charge on any atom is -0.491 e. The summed E-state index contributed by atoms with van der Waals surface area (Å²) >= 11 is 0. The summed E-state index contributed by atoms with van der Waals surface area (Å²) in [5.41, 5.74) is 1.65. The van der Waals surface area contributed by atoms with Crippen LogP contribution in [0.1, 0.15) is 26.3 Å². The van der Waals surface area contributed by atoms with Gasteiger partial charge < -0.3 is 29.2 Å². The molecule has 0 saturated heterocycles. The van der Waals surface area contributed by atoms with Crippen LogP contribution in [0.15, 0.2) is 24.4 Å². The first-order chi connectivity index (χ1) is 12.9. The van der Waals surface area contributed by atoms with Crippen LogP contribution in [0.2, 0.25) is 0 Å². The number of aromatic amines is 1. The van der Waals surface area contributed by atoms with Gasteiger partial charge in [-0.15, -0.1) is 0 Å². The molecule has 2 rings (SSSR count). The topological polar surface area (TPSA) is 81.8 Å². The monoisotopic (exact) mass is 378 g/mol. The highest BCUT2D eigenvalue weighted by molar-refractivity contribution is 5.84. The van der Waals surface area contributed by atoms with Crippen LogP contribution in [-0.4, -0.2) is 56.8 Å². The molecule has 1 heterocycles. The molecule has 0 saturated carbocycles. The van der Waals surface area contributed by atoms with E-state index in [-0.39, 0.29) is 0 Å². The van der Waals surface area contributed by atoms with Gasteiger partial charge in [-0.3, -0.25) is 0 Å². The molecule has 2 aromatic rings. The molecule has 7 nitrogen and oxygen atoms in total. The SMILES string of the molecule is COCCOCCOc1ccc2[nH]cc(CCNC(=O)OC(C)(C)C)c2c1. The molecule has 0 aliphatic heterocycles. The predicted molar refractivity (Wildman–Crippen MR) is 104 cm³/mol. The van der Waals surface area contributed by atoms with Crippen molar-refractivity contribution in [3.63, 3.8) is 0 Å². The van der Waals surface area contributed by atoms with E-state index in [9.17, 15) is 4.79 Å². The second-order valence-electron chi connectivity index (χ2n) is 7.15. The van der Waals surface area contributed by atoms with Gasteiger partial charge in [-0.25, -0.2) is 4.79 Å². The molecule has 1 amide bonds. The third-order valence-corrected chi connectivity index (χ3v) is 3.73. The normalized spacial score (nSPS) is 11.6. The number of aromatic nitrogens is 1. The number of methoxy groups -OCH3 is 1. The first kappa shape index (κ1) is 21.1. The van der Waals surface area contributed by atoms with Gasteiger partial charge in [0.1, 0.15) is 18.0 Å². The Labute approximate surface area is 160 Å². The standard InChI is InChI=1S/C20H30N2O5/c1-20(2,3)27-19(23)21-8-7-15-14-22-18-6-5-16(13-17(15)18)26-12-11-25-10-9-24-4/h5-6,13-14,22H,7-12H2,1-4H3,(H,21,23). The van der Waals surface area contributed by atoms with Gasteiger partial charge in [-0.1, -0.05) is 0 Å². The zero-order valence-corrected chi connectivity index (χ0v) is 16.6. The van der Waals surface area contributed by atoms with E-state index in [1.807, 2.05) is 45.2 Å². The molecular weight excluding hydrogens is 348 g/mol. The molecule has 1 aromatic carbocycles. The lowest BCUT2D eigenvalue weighted by Crippen LogP contribution is -2.33. The molecule has 0 aliphatic rings. The lowest BCUT2D eigenvalue weighted by molar-refractivity contribution is 0.0528. The molecule has 150 valence electrons. The minimum absolute atomic E-state index is 0.403. The smallest absolute Gasteiger partial charge is 0.407 e. The Balaban J connectivity index is 1.84. The van der Waals surface area contributed by atoms with Gasteiger partial charge in [0.25, 0.3) is 0 Å². The van der Waals surface area contributed by atoms with Gasteiger partial charge in [0, 0.05) is 30.8 Å². The molecular formula is C20H30N2O5. The summed E-state index contributed by atoms with van der Waals surface area (Å²) in [6.07, 6.45) is 2.25. The summed E-state index contributed by atoms with van der Waals surface area (Å²) in [6, 6.07) is 5.92. The second kappa shape index (κ2) is 10.2. The van der Waals surface area contributed by atoms with Gasteiger partial charge in [0.05, 0.1) is 19.8 Å². The largest absolute Gasteiger partial charge is 0.491 e. The lowest BCUT2D eigenvalue weighted by atomic mass is 10.1. The maximum absolute atomic E-state index is 11.7. The van der Waals surface area contributed by atoms with Gasteiger partial charge in [0.15, 0.2) is 0 Å². The number of hydrogen-bond acceptors (Lipinski definition) is 5. The predicted octanol–water partition coefficient (Wildman–Crippen LogP) is 3.28. The maximum Gasteiger partial charge on any atom is 0.407 e. The fourth-order valence-electron chi connectivity index (χ4n) is 2.53. The van der Waals surface area contributed by atoms with Crippen LogP contribution in [0.4, 0.5) is 4.79 Å². The van der Waals surface area contributed by atoms with Gasteiger partial charge in [-0.2, -0.15) is 0 Å². The molecule has 2 N–H and O–H groups in total. The number of rotatable bonds is 10. The molecule has 0 unspecified atom stereocenters. The van der Waals surface area contributed by atoms with Crippen molar-refractivity contribution in [2.75, 3.05) is 40.1 Å². The molecule has 0 radical (unpaired) electrons. The van der Waals surface area contributed by atoms with Crippen LogP contribution in [0.5, 0.6) is 5.75 Å². The van der Waals surface area contributed by atoms with Crippen molar-refractivity contribution in [1.29, 1.82) is 0 Å². The highest BCUT2D eigenvalue weighted by Crippen LogP contribution is 2.24. The summed E-state index contributed by atoms with van der Waals surface area (Å²) in [5, 5.41) is 3.86. The van der Waals surface area contributed by atoms with Crippen LogP contribution in [-0.2, 0) is 20.6 Å². The Morgan fingerprint density at radius 3 is 2.67 bits per heavy atom. The quantitative estimate of drug-likeness (QED) is 0.620. The van der Waals surface area contributed by atoms with Crippen molar-refractivity contribution in [3.8, 4) is 5.75 Å². The number of alkyl carbamates (subject to hydrolysis) is 1. The van der Waals surface area contributed by atoms with Crippen molar-refractivity contribution in [2.45, 2.75) is 32.8 Å². The number of nitrogens with one attached hydrogen (secondary N) is 2. The summed E-state index contributed by atoms with van der Waals surface area (Å²) < 4.78 is 21.3. The number of hydrogen-bond donors (Lipinski definition) is 2. The van der Waals surface area contributed by atoms with Crippen LogP contribution in [0.3, 0.4) is 0 Å². The average Bonchev–Trinajstić information content (AvgIpc) is 2.99. The molecule has 0 spiro atoms. The number of ether oxygens (including phenoxy) is 4. The Hall–Kier alpha value is -2.25. The molecule has 0 bridgehead atoms. The average molecular weight is 378 g/mol. The number of amides is 1. The summed E-state index contributed by atoms with van der Waals surface area (Å²) in [4.78, 5) is 15.0. The van der Waals surface area contributed by atoms with Crippen LogP contribution < -0.4 is 10.1 Å². The van der Waals surface area contributed by atoms with E-state index >= 15 is 0 Å². The summed E-state index contributed by atoms with van der Waals surface area (Å²) in [5.74, 6) is 0.791. The third-order valence-electron chi connectivity index (χ3n) is 3.73. The molecule has 27 heavy (non-hydrogen) atoms. The number of carbonyl (C=O) groups excluding carboxylic acids is 1. The number of carbonyl (C=O) groups is 1. The summed E-state index contributed by atoms with van der Waals surface area (Å²) in [6.45, 7) is 8.17. The van der Waals surface area contributed by atoms with Gasteiger partial charge in [-0.05, 0) is 51.0 Å². The van der Waals surface area contributed by atoms with Crippen molar-refractivity contribution in [1.82, 2.24) is 10.3 Å². The van der Waals surface area contributed by atoms with Crippen LogP contribution >= 0.6 is 0 Å². The third kappa shape index (κ3) is 7.48. The highest BCUT2D eigenvalue weighted by atomic mass is 16.6. The van der Waals surface area contributed by atoms with Gasteiger partial charge >= 0.3 is 6.09 Å². The Kier molecular flexibility index (Phi) is 7.94. The second-order valence-corrected chi connectivity index (χ2v) is 7.15. The number of benzene rings is 1. The fourth-order valence-corrected chi connectivity index (χ4v) is 2.53. The Bertz CT molecular complexity index is 721. The summed E-state index contributed by atoms with van der Waals surface area (Å²) in [7, 11) is 1.65. The first-order valence-corrected chi connectivity index (χ1v) is 9.15. The van der Waals surface area contributed by atoms with E-state index < -0.39 is 11.7 Å². The fraction of sp³-hybridized carbons (Fsp3) is 0.550. The van der Waals surface area contributed by atoms with E-state index in [1.165, 1.54) is 0 Å². The van der Waals surface area contributed by atoms with E-state index in [1.54, 1.807) is 7.11 Å². The van der Waals surface area contributed by atoms with E-state index in [2.05, 4.69) is 10.3 Å². The molecule has 0 atom stereocenters. The van der Waals surface area contributed by atoms with Crippen LogP contribution in [0.25, 0.3) is 10.9 Å². The zero-order chi connectivity index (χ0) is 19.7. The minimum atomic E-state index is -0.496. The maximum atomic E-state index is 11.7. The number of H-pyrrole nitrogens is 1. The van der Waals surface area contributed by atoms with Crippen molar-refractivity contribution < 1.29 is 23.7 Å². The van der Waals surface area contributed by atoms with Gasteiger partial charge in [0.2, 0.25) is 0 Å². The van der Waals surface area contributed by atoms with Crippen molar-refractivity contribution in [2.24, 2.45) is 0 Å². The molecule has 7 heteroatoms. The van der Waals surface area contributed by atoms with E-state index in [0.717, 1.165) is 22.2 Å². The lowest BCUT2D eigenvalue weighted by Gasteiger charge is -2.19. The molecule has 1 aromatic heterocycles. The first-order valence-electron chi connectivity index (χ1n) is 9.15. The van der Waals surface area contributed by atoms with Crippen molar-refractivity contribution in [3.05, 3.63) is 30.0 Å². The van der Waals surface area contributed by atoms with E-state index in [4.69, 9.17) is 18.9 Å². The molecule has 0 fully saturated rings. The highest BCUT2D eigenvalue weighted by Gasteiger charge is 2.15. The Morgan fingerprint density at radius 1 is 1.15 bits per heavy atom.